The maximum atomic E-state index is 15.4. The van der Waals surface area contributed by atoms with Crippen LogP contribution in [0.1, 0.15) is 50.6 Å². The second kappa shape index (κ2) is 11.7. The van der Waals surface area contributed by atoms with Crippen molar-refractivity contribution in [3.05, 3.63) is 16.8 Å². The quantitative estimate of drug-likeness (QED) is 0.219. The van der Waals surface area contributed by atoms with E-state index in [0.29, 0.717) is 36.8 Å². The summed E-state index contributed by atoms with van der Waals surface area (Å²) in [7, 11) is 3.28. The van der Waals surface area contributed by atoms with Crippen molar-refractivity contribution < 1.29 is 24.0 Å². The van der Waals surface area contributed by atoms with Crippen LogP contribution < -0.4 is 10.2 Å². The minimum atomic E-state index is -0.743. The molecule has 2 fully saturated rings. The van der Waals surface area contributed by atoms with Crippen molar-refractivity contribution in [3.8, 4) is 0 Å². The standard InChI is InChI=1S/C22H32ClFN6O4/c1-28(2)21(33)17-8-5-9-30(17)19-18(24)16(26-22(23)27-19)11-25-20(32)15(12-29(34)13-31)10-14-6-3-4-7-14/h13-15,17,34H,3-12H2,1-2H3,(H,25,32)/t15-,17+/m1/s1. The predicted octanol–water partition coefficient (Wildman–Crippen LogP) is 1.99. The molecule has 0 aromatic carbocycles. The molecule has 12 heteroatoms. The Hall–Kier alpha value is -2.53. The summed E-state index contributed by atoms with van der Waals surface area (Å²) >= 11 is 6.07. The van der Waals surface area contributed by atoms with Gasteiger partial charge in [0.15, 0.2) is 11.6 Å². The number of amides is 3. The minimum Gasteiger partial charge on any atom is -0.350 e. The first-order chi connectivity index (χ1) is 16.2. The van der Waals surface area contributed by atoms with Gasteiger partial charge in [-0.05, 0) is 36.8 Å². The smallest absolute Gasteiger partial charge is 0.244 e. The number of anilines is 1. The largest absolute Gasteiger partial charge is 0.350 e. The Morgan fingerprint density at radius 2 is 1.97 bits per heavy atom. The molecule has 34 heavy (non-hydrogen) atoms. The second-order valence-corrected chi connectivity index (χ2v) is 9.53. The minimum absolute atomic E-state index is 0.0630. The summed E-state index contributed by atoms with van der Waals surface area (Å²) in [6, 6.07) is -0.549. The highest BCUT2D eigenvalue weighted by Crippen LogP contribution is 2.31. The number of hydrogen-bond donors (Lipinski definition) is 2. The van der Waals surface area contributed by atoms with Crippen LogP contribution in [0.4, 0.5) is 10.2 Å². The third-order valence-corrected chi connectivity index (χ3v) is 6.72. The van der Waals surface area contributed by atoms with Crippen LogP contribution in [0.5, 0.6) is 0 Å². The van der Waals surface area contributed by atoms with Gasteiger partial charge in [0.05, 0.1) is 19.0 Å². The van der Waals surface area contributed by atoms with Crippen molar-refractivity contribution in [3.63, 3.8) is 0 Å². The van der Waals surface area contributed by atoms with Crippen molar-refractivity contribution >= 4 is 35.6 Å². The third-order valence-electron chi connectivity index (χ3n) is 6.55. The summed E-state index contributed by atoms with van der Waals surface area (Å²) < 4.78 is 15.4. The van der Waals surface area contributed by atoms with Crippen molar-refractivity contribution in [2.75, 3.05) is 32.1 Å². The molecule has 2 aliphatic rings. The fourth-order valence-corrected chi connectivity index (χ4v) is 5.01. The molecule has 1 aromatic rings. The van der Waals surface area contributed by atoms with E-state index in [1.807, 2.05) is 0 Å². The van der Waals surface area contributed by atoms with E-state index in [-0.39, 0.29) is 42.2 Å². The van der Waals surface area contributed by atoms with Crippen LogP contribution in [-0.4, -0.2) is 76.6 Å². The first-order valence-electron chi connectivity index (χ1n) is 11.6. The SMILES string of the molecule is CN(C)C(=O)[C@@H]1CCCN1c1nc(Cl)nc(CNC(=O)[C@H](CC2CCCC2)CN(O)C=O)c1F. The van der Waals surface area contributed by atoms with Gasteiger partial charge in [0.2, 0.25) is 23.5 Å². The van der Waals surface area contributed by atoms with Gasteiger partial charge < -0.3 is 15.1 Å². The van der Waals surface area contributed by atoms with E-state index >= 15 is 4.39 Å². The van der Waals surface area contributed by atoms with E-state index in [2.05, 4.69) is 15.3 Å². The van der Waals surface area contributed by atoms with E-state index in [0.717, 1.165) is 25.7 Å². The zero-order valence-electron chi connectivity index (χ0n) is 19.5. The molecule has 2 heterocycles. The fraction of sp³-hybridized carbons (Fsp3) is 0.682. The van der Waals surface area contributed by atoms with E-state index in [9.17, 15) is 19.6 Å². The van der Waals surface area contributed by atoms with Crippen LogP contribution in [0.2, 0.25) is 5.28 Å². The second-order valence-electron chi connectivity index (χ2n) is 9.19. The highest BCUT2D eigenvalue weighted by atomic mass is 35.5. The summed E-state index contributed by atoms with van der Waals surface area (Å²) in [6.07, 6.45) is 6.24. The highest BCUT2D eigenvalue weighted by molar-refractivity contribution is 6.28. The Balaban J connectivity index is 1.74. The van der Waals surface area contributed by atoms with Crippen LogP contribution in [-0.2, 0) is 20.9 Å². The number of hydrogen-bond acceptors (Lipinski definition) is 7. The Morgan fingerprint density at radius 1 is 1.26 bits per heavy atom. The first-order valence-corrected chi connectivity index (χ1v) is 12.0. The van der Waals surface area contributed by atoms with Crippen molar-refractivity contribution in [2.24, 2.45) is 11.8 Å². The van der Waals surface area contributed by atoms with E-state index in [1.165, 1.54) is 4.90 Å². The molecule has 1 saturated heterocycles. The number of aromatic nitrogens is 2. The summed E-state index contributed by atoms with van der Waals surface area (Å²) in [5.74, 6) is -1.67. The Morgan fingerprint density at radius 3 is 2.62 bits per heavy atom. The fourth-order valence-electron chi connectivity index (χ4n) is 4.83. The van der Waals surface area contributed by atoms with Gasteiger partial charge in [-0.3, -0.25) is 19.6 Å². The lowest BCUT2D eigenvalue weighted by molar-refractivity contribution is -0.155. The van der Waals surface area contributed by atoms with Gasteiger partial charge in [0.1, 0.15) is 11.7 Å². The maximum Gasteiger partial charge on any atom is 0.244 e. The number of rotatable bonds is 10. The molecule has 2 atom stereocenters. The molecule has 1 aliphatic carbocycles. The zero-order valence-corrected chi connectivity index (χ0v) is 20.3. The normalized spacial score (nSPS) is 19.2. The molecule has 10 nitrogen and oxygen atoms in total. The van der Waals surface area contributed by atoms with E-state index < -0.39 is 23.7 Å². The molecule has 2 N–H and O–H groups in total. The number of halogens is 2. The summed E-state index contributed by atoms with van der Waals surface area (Å²) in [5.41, 5.74) is -0.0952. The van der Waals surface area contributed by atoms with Gasteiger partial charge in [0, 0.05) is 20.6 Å². The molecule has 0 unspecified atom stereocenters. The van der Waals surface area contributed by atoms with E-state index in [1.54, 1.807) is 19.0 Å². The summed E-state index contributed by atoms with van der Waals surface area (Å²) in [5, 5.41) is 12.6. The topological polar surface area (TPSA) is 119 Å². The molecule has 0 radical (unpaired) electrons. The number of carbonyl (C=O) groups is 3. The number of hydroxylamine groups is 2. The van der Waals surface area contributed by atoms with Gasteiger partial charge in [-0.2, -0.15) is 4.98 Å². The predicted molar refractivity (Wildman–Crippen MR) is 123 cm³/mol. The lowest BCUT2D eigenvalue weighted by Crippen LogP contribution is -2.43. The zero-order chi connectivity index (χ0) is 24.8. The highest BCUT2D eigenvalue weighted by Gasteiger charge is 2.35. The number of likely N-dealkylation sites (N-methyl/N-ethyl adjacent to an activating group) is 1. The average molecular weight is 499 g/mol. The molecule has 0 spiro atoms. The van der Waals surface area contributed by atoms with Gasteiger partial charge in [0.25, 0.3) is 0 Å². The Bertz CT molecular complexity index is 898. The van der Waals surface area contributed by atoms with E-state index in [4.69, 9.17) is 11.6 Å². The maximum absolute atomic E-state index is 15.4. The number of carbonyl (C=O) groups excluding carboxylic acids is 3. The van der Waals surface area contributed by atoms with Crippen LogP contribution in [0.15, 0.2) is 0 Å². The van der Waals surface area contributed by atoms with Crippen molar-refractivity contribution in [1.29, 1.82) is 0 Å². The summed E-state index contributed by atoms with van der Waals surface area (Å²) in [6.45, 7) is 0.0573. The monoisotopic (exact) mass is 498 g/mol. The molecule has 1 saturated carbocycles. The molecule has 3 rings (SSSR count). The summed E-state index contributed by atoms with van der Waals surface area (Å²) in [4.78, 5) is 47.3. The van der Waals surface area contributed by atoms with Crippen molar-refractivity contribution in [2.45, 2.75) is 57.5 Å². The molecule has 188 valence electrons. The van der Waals surface area contributed by atoms with Gasteiger partial charge in [-0.15, -0.1) is 0 Å². The Kier molecular flexibility index (Phi) is 9.01. The van der Waals surface area contributed by atoms with Gasteiger partial charge in [-0.1, -0.05) is 25.7 Å². The van der Waals surface area contributed by atoms with Crippen LogP contribution >= 0.6 is 11.6 Å². The number of nitrogens with one attached hydrogen (secondary N) is 1. The molecule has 0 bridgehead atoms. The average Bonchev–Trinajstić information content (AvgIpc) is 3.50. The van der Waals surface area contributed by atoms with Crippen LogP contribution in [0.25, 0.3) is 0 Å². The third kappa shape index (κ3) is 6.32. The van der Waals surface area contributed by atoms with Crippen molar-refractivity contribution in [1.82, 2.24) is 25.2 Å². The molecule has 3 amide bonds. The van der Waals surface area contributed by atoms with Crippen LogP contribution in [0, 0.1) is 17.7 Å². The molecular formula is C22H32ClFN6O4. The number of nitrogens with zero attached hydrogens (tertiary/aromatic N) is 5. The van der Waals surface area contributed by atoms with Crippen LogP contribution in [0.3, 0.4) is 0 Å². The molecule has 1 aromatic heterocycles. The van der Waals surface area contributed by atoms with Gasteiger partial charge in [-0.25, -0.2) is 14.4 Å². The first kappa shape index (κ1) is 26.1. The molecule has 1 aliphatic heterocycles. The van der Waals surface area contributed by atoms with Gasteiger partial charge >= 0.3 is 0 Å². The molecular weight excluding hydrogens is 467 g/mol. The Labute approximate surface area is 203 Å². The lowest BCUT2D eigenvalue weighted by Gasteiger charge is -2.27. The lowest BCUT2D eigenvalue weighted by atomic mass is 9.92.